The molecule has 0 spiro atoms. The van der Waals surface area contributed by atoms with E-state index in [-0.39, 0.29) is 17.2 Å². The van der Waals surface area contributed by atoms with Crippen LogP contribution in [0.15, 0.2) is 59.5 Å². The first kappa shape index (κ1) is 20.9. The number of carbonyl (C=O) groups is 2. The molecule has 3 aromatic carbocycles. The maximum absolute atomic E-state index is 13.2. The Balaban J connectivity index is 1.63. The van der Waals surface area contributed by atoms with Crippen LogP contribution in [0, 0.1) is 0 Å². The Bertz CT molecular complexity index is 1320. The number of rotatable bonds is 5. The van der Waals surface area contributed by atoms with Crippen molar-refractivity contribution in [1.29, 1.82) is 0 Å². The van der Waals surface area contributed by atoms with Crippen molar-refractivity contribution < 1.29 is 22.7 Å². The van der Waals surface area contributed by atoms with Crippen LogP contribution < -0.4 is 10.0 Å². The lowest BCUT2D eigenvalue weighted by molar-refractivity contribution is -0.153. The highest BCUT2D eigenvalue weighted by atomic mass is 32.2. The topological polar surface area (TPSA) is 102 Å². The summed E-state index contributed by atoms with van der Waals surface area (Å²) in [5, 5.41) is 3.80. The van der Waals surface area contributed by atoms with Gasteiger partial charge in [0, 0.05) is 27.7 Å². The van der Waals surface area contributed by atoms with E-state index in [2.05, 4.69) is 10.0 Å². The molecular formula is C23H22N2O5S. The molecule has 0 unspecified atom stereocenters. The van der Waals surface area contributed by atoms with Crippen LogP contribution in [0.2, 0.25) is 0 Å². The minimum atomic E-state index is -3.94. The number of ether oxygens (including phenoxy) is 1. The van der Waals surface area contributed by atoms with Gasteiger partial charge in [0.05, 0.1) is 11.3 Å². The summed E-state index contributed by atoms with van der Waals surface area (Å²) >= 11 is 0. The number of hydrogen-bond acceptors (Lipinski definition) is 5. The maximum Gasteiger partial charge on any atom is 0.310 e. The van der Waals surface area contributed by atoms with Gasteiger partial charge in [-0.15, -0.1) is 0 Å². The van der Waals surface area contributed by atoms with Crippen LogP contribution in [0.3, 0.4) is 0 Å². The van der Waals surface area contributed by atoms with Crippen LogP contribution >= 0.6 is 0 Å². The van der Waals surface area contributed by atoms with Crippen LogP contribution in [-0.4, -0.2) is 25.9 Å². The molecule has 0 atom stereocenters. The van der Waals surface area contributed by atoms with E-state index in [0.29, 0.717) is 33.3 Å². The summed E-state index contributed by atoms with van der Waals surface area (Å²) in [6.45, 7) is 5.36. The molecule has 1 amide bonds. The number of esters is 1. The van der Waals surface area contributed by atoms with E-state index in [4.69, 9.17) is 4.74 Å². The molecular weight excluding hydrogens is 416 g/mol. The molecule has 0 aliphatic carbocycles. The van der Waals surface area contributed by atoms with Crippen LogP contribution in [0.1, 0.15) is 36.7 Å². The fourth-order valence-corrected chi connectivity index (χ4v) is 4.85. The second-order valence-corrected chi connectivity index (χ2v) is 10.0. The van der Waals surface area contributed by atoms with E-state index in [0.717, 1.165) is 0 Å². The van der Waals surface area contributed by atoms with E-state index < -0.39 is 21.6 Å². The van der Waals surface area contributed by atoms with Crippen LogP contribution in [0.5, 0.6) is 0 Å². The van der Waals surface area contributed by atoms with Gasteiger partial charge in [0.25, 0.3) is 15.9 Å². The van der Waals surface area contributed by atoms with Gasteiger partial charge in [0.15, 0.2) is 0 Å². The molecule has 8 heteroatoms. The molecule has 1 heterocycles. The highest BCUT2D eigenvalue weighted by Crippen LogP contribution is 2.37. The molecule has 0 radical (unpaired) electrons. The van der Waals surface area contributed by atoms with Crippen molar-refractivity contribution in [1.82, 2.24) is 0 Å². The summed E-state index contributed by atoms with van der Waals surface area (Å²) in [6.07, 6.45) is 0.0294. The highest BCUT2D eigenvalue weighted by molar-refractivity contribution is 7.93. The number of nitrogens with one attached hydrogen (secondary N) is 2. The number of benzene rings is 3. The average Bonchev–Trinajstić information content (AvgIpc) is 2.98. The van der Waals surface area contributed by atoms with Gasteiger partial charge in [-0.05, 0) is 56.7 Å². The third kappa shape index (κ3) is 4.25. The summed E-state index contributed by atoms with van der Waals surface area (Å²) in [6, 6.07) is 14.7. The zero-order chi connectivity index (χ0) is 22.4. The van der Waals surface area contributed by atoms with E-state index in [9.17, 15) is 18.0 Å². The lowest BCUT2D eigenvalue weighted by Crippen LogP contribution is -2.24. The highest BCUT2D eigenvalue weighted by Gasteiger charge is 2.26. The Hall–Kier alpha value is -3.39. The predicted molar refractivity (Wildman–Crippen MR) is 119 cm³/mol. The minimum absolute atomic E-state index is 0.0294. The Kier molecular flexibility index (Phi) is 4.97. The van der Waals surface area contributed by atoms with Crippen molar-refractivity contribution >= 4 is 44.0 Å². The second-order valence-electron chi connectivity index (χ2n) is 8.36. The van der Waals surface area contributed by atoms with Crippen LogP contribution in [-0.2, 0) is 26.0 Å². The normalized spacial score (nSPS) is 13.2. The van der Waals surface area contributed by atoms with Gasteiger partial charge in [-0.2, -0.15) is 0 Å². The molecule has 1 aliphatic heterocycles. The lowest BCUT2D eigenvalue weighted by atomic mass is 10.1. The SMILES string of the molecule is CC(C)(C)OC(=O)Cc1cccc(NS(=O)(=O)c2ccc3c4c(cccc24)C(=O)N3)c1. The quantitative estimate of drug-likeness (QED) is 0.584. The monoisotopic (exact) mass is 438 g/mol. The van der Waals surface area contributed by atoms with Gasteiger partial charge in [-0.3, -0.25) is 14.3 Å². The fraction of sp³-hybridized carbons (Fsp3) is 0.217. The number of hydrogen-bond donors (Lipinski definition) is 2. The van der Waals surface area contributed by atoms with Crippen molar-refractivity contribution in [2.75, 3.05) is 10.0 Å². The van der Waals surface area contributed by atoms with E-state index in [1.807, 2.05) is 0 Å². The van der Waals surface area contributed by atoms with Gasteiger partial charge in [-0.1, -0.05) is 24.3 Å². The summed E-state index contributed by atoms with van der Waals surface area (Å²) in [5.41, 5.74) is 1.41. The first-order chi connectivity index (χ1) is 14.5. The van der Waals surface area contributed by atoms with Gasteiger partial charge in [0.1, 0.15) is 5.60 Å². The number of amides is 1. The van der Waals surface area contributed by atoms with E-state index >= 15 is 0 Å². The van der Waals surface area contributed by atoms with Crippen molar-refractivity contribution in [3.05, 3.63) is 65.7 Å². The van der Waals surface area contributed by atoms with Crippen molar-refractivity contribution in [3.8, 4) is 0 Å². The Morgan fingerprint density at radius 1 is 1.06 bits per heavy atom. The van der Waals surface area contributed by atoms with Crippen LogP contribution in [0.25, 0.3) is 10.8 Å². The van der Waals surface area contributed by atoms with E-state index in [1.165, 1.54) is 6.07 Å². The third-order valence-corrected chi connectivity index (χ3v) is 6.17. The molecule has 3 aromatic rings. The van der Waals surface area contributed by atoms with Gasteiger partial charge in [0.2, 0.25) is 0 Å². The standard InChI is InChI=1S/C23H22N2O5S/c1-23(2,3)30-20(26)13-14-6-4-7-15(12-14)25-31(28,29)19-11-10-18-21-16(19)8-5-9-17(21)22(27)24-18/h4-12,25H,13H2,1-3H3,(H,24,27). The zero-order valence-corrected chi connectivity index (χ0v) is 18.2. The minimum Gasteiger partial charge on any atom is -0.460 e. The molecule has 0 saturated heterocycles. The number of sulfonamides is 1. The third-order valence-electron chi connectivity index (χ3n) is 4.73. The molecule has 0 bridgehead atoms. The summed E-state index contributed by atoms with van der Waals surface area (Å²) in [4.78, 5) is 24.3. The largest absolute Gasteiger partial charge is 0.460 e. The number of carbonyl (C=O) groups excluding carboxylic acids is 2. The molecule has 7 nitrogen and oxygen atoms in total. The maximum atomic E-state index is 13.2. The molecule has 2 N–H and O–H groups in total. The molecule has 31 heavy (non-hydrogen) atoms. The van der Waals surface area contributed by atoms with E-state index in [1.54, 1.807) is 69.3 Å². The summed E-state index contributed by atoms with van der Waals surface area (Å²) in [5.74, 6) is -0.643. The van der Waals surface area contributed by atoms with Gasteiger partial charge in [-0.25, -0.2) is 8.42 Å². The Morgan fingerprint density at radius 2 is 1.81 bits per heavy atom. The zero-order valence-electron chi connectivity index (χ0n) is 17.4. The van der Waals surface area contributed by atoms with Crippen molar-refractivity contribution in [2.45, 2.75) is 37.7 Å². The smallest absolute Gasteiger partial charge is 0.310 e. The summed E-state index contributed by atoms with van der Waals surface area (Å²) < 4.78 is 34.2. The first-order valence-corrected chi connectivity index (χ1v) is 11.2. The second kappa shape index (κ2) is 7.39. The van der Waals surface area contributed by atoms with Crippen molar-refractivity contribution in [3.63, 3.8) is 0 Å². The lowest BCUT2D eigenvalue weighted by Gasteiger charge is -2.19. The summed E-state index contributed by atoms with van der Waals surface area (Å²) in [7, 11) is -3.94. The number of anilines is 2. The molecule has 160 valence electrons. The predicted octanol–water partition coefficient (Wildman–Crippen LogP) is 4.09. The molecule has 1 aliphatic rings. The molecule has 4 rings (SSSR count). The Labute approximate surface area is 180 Å². The Morgan fingerprint density at radius 3 is 2.55 bits per heavy atom. The van der Waals surface area contributed by atoms with Crippen molar-refractivity contribution in [2.24, 2.45) is 0 Å². The van der Waals surface area contributed by atoms with Crippen LogP contribution in [0.4, 0.5) is 11.4 Å². The first-order valence-electron chi connectivity index (χ1n) is 9.74. The average molecular weight is 439 g/mol. The molecule has 0 aromatic heterocycles. The fourth-order valence-electron chi connectivity index (χ4n) is 3.60. The van der Waals surface area contributed by atoms with Gasteiger partial charge >= 0.3 is 5.97 Å². The molecule has 0 fully saturated rings. The molecule has 0 saturated carbocycles. The van der Waals surface area contributed by atoms with Gasteiger partial charge < -0.3 is 10.1 Å².